The third kappa shape index (κ3) is 3.09. The third-order valence-corrected chi connectivity index (χ3v) is 2.78. The number of aryl methyl sites for hydroxylation is 2. The SMILES string of the molecule is Cc1cc(C(=O)NC(C)C(C)C(=O)O)c(C)o1. The first kappa shape index (κ1) is 13.3. The zero-order valence-electron chi connectivity index (χ0n) is 10.4. The number of carboxylic acids is 1. The fourth-order valence-electron chi connectivity index (χ4n) is 1.48. The average molecular weight is 239 g/mol. The Morgan fingerprint density at radius 2 is 1.94 bits per heavy atom. The summed E-state index contributed by atoms with van der Waals surface area (Å²) in [5.41, 5.74) is 0.451. The van der Waals surface area contributed by atoms with Gasteiger partial charge in [-0.05, 0) is 33.8 Å². The summed E-state index contributed by atoms with van der Waals surface area (Å²) in [7, 11) is 0. The van der Waals surface area contributed by atoms with Crippen LogP contribution in [0, 0.1) is 19.8 Å². The van der Waals surface area contributed by atoms with Crippen molar-refractivity contribution in [2.75, 3.05) is 0 Å². The second-order valence-corrected chi connectivity index (χ2v) is 4.22. The molecule has 2 unspecified atom stereocenters. The first-order valence-electron chi connectivity index (χ1n) is 5.43. The highest BCUT2D eigenvalue weighted by atomic mass is 16.4. The highest BCUT2D eigenvalue weighted by molar-refractivity contribution is 5.95. The van der Waals surface area contributed by atoms with E-state index in [1.54, 1.807) is 33.8 Å². The second kappa shape index (κ2) is 5.03. The minimum Gasteiger partial charge on any atom is -0.481 e. The van der Waals surface area contributed by atoms with Crippen molar-refractivity contribution in [3.8, 4) is 0 Å². The van der Waals surface area contributed by atoms with Crippen LogP contribution in [0.1, 0.15) is 35.7 Å². The van der Waals surface area contributed by atoms with E-state index >= 15 is 0 Å². The number of carbonyl (C=O) groups excluding carboxylic acids is 1. The molecule has 0 bridgehead atoms. The topological polar surface area (TPSA) is 79.5 Å². The molecule has 0 aliphatic heterocycles. The number of hydrogen-bond acceptors (Lipinski definition) is 3. The lowest BCUT2D eigenvalue weighted by Gasteiger charge is -2.17. The number of furan rings is 1. The minimum absolute atomic E-state index is 0.306. The summed E-state index contributed by atoms with van der Waals surface area (Å²) in [6.07, 6.45) is 0. The largest absolute Gasteiger partial charge is 0.481 e. The van der Waals surface area contributed by atoms with Gasteiger partial charge < -0.3 is 14.8 Å². The number of rotatable bonds is 4. The van der Waals surface area contributed by atoms with Crippen molar-refractivity contribution in [2.24, 2.45) is 5.92 Å². The van der Waals surface area contributed by atoms with Gasteiger partial charge >= 0.3 is 5.97 Å². The molecule has 2 N–H and O–H groups in total. The van der Waals surface area contributed by atoms with E-state index in [2.05, 4.69) is 5.32 Å². The Kier molecular flexibility index (Phi) is 3.93. The molecule has 2 atom stereocenters. The van der Waals surface area contributed by atoms with Crippen molar-refractivity contribution in [2.45, 2.75) is 33.7 Å². The van der Waals surface area contributed by atoms with Crippen molar-refractivity contribution >= 4 is 11.9 Å². The average Bonchev–Trinajstić information content (AvgIpc) is 2.56. The summed E-state index contributed by atoms with van der Waals surface area (Å²) >= 11 is 0. The number of carbonyl (C=O) groups is 2. The third-order valence-electron chi connectivity index (χ3n) is 2.78. The van der Waals surface area contributed by atoms with Crippen molar-refractivity contribution in [3.63, 3.8) is 0 Å². The Morgan fingerprint density at radius 1 is 1.35 bits per heavy atom. The Morgan fingerprint density at radius 3 is 2.35 bits per heavy atom. The molecule has 17 heavy (non-hydrogen) atoms. The van der Waals surface area contributed by atoms with Gasteiger partial charge in [-0.2, -0.15) is 0 Å². The van der Waals surface area contributed by atoms with E-state index in [9.17, 15) is 9.59 Å². The standard InChI is InChI=1S/C12H17NO4/c1-6-5-10(9(4)17-6)11(14)13-8(3)7(2)12(15)16/h5,7-8H,1-4H3,(H,13,14)(H,15,16). The second-order valence-electron chi connectivity index (χ2n) is 4.22. The molecule has 0 saturated heterocycles. The fraction of sp³-hybridized carbons (Fsp3) is 0.500. The molecule has 1 rings (SSSR count). The summed E-state index contributed by atoms with van der Waals surface area (Å²) in [4.78, 5) is 22.6. The molecule has 1 aromatic heterocycles. The Hall–Kier alpha value is -1.78. The van der Waals surface area contributed by atoms with E-state index in [1.165, 1.54) is 0 Å². The van der Waals surface area contributed by atoms with Gasteiger partial charge in [0.1, 0.15) is 11.5 Å². The zero-order valence-corrected chi connectivity index (χ0v) is 10.4. The van der Waals surface area contributed by atoms with Crippen LogP contribution in [0.5, 0.6) is 0 Å². The Bertz CT molecular complexity index is 436. The van der Waals surface area contributed by atoms with Crippen LogP contribution in [0.2, 0.25) is 0 Å². The maximum Gasteiger partial charge on any atom is 0.308 e. The number of amides is 1. The van der Waals surface area contributed by atoms with Gasteiger partial charge in [-0.3, -0.25) is 9.59 Å². The molecule has 1 amide bonds. The molecule has 1 heterocycles. The van der Waals surface area contributed by atoms with E-state index in [0.29, 0.717) is 17.1 Å². The number of nitrogens with one attached hydrogen (secondary N) is 1. The summed E-state index contributed by atoms with van der Waals surface area (Å²) < 4.78 is 5.25. The molecule has 0 saturated carbocycles. The number of hydrogen-bond donors (Lipinski definition) is 2. The van der Waals surface area contributed by atoms with Gasteiger partial charge in [0.05, 0.1) is 11.5 Å². The monoisotopic (exact) mass is 239 g/mol. The van der Waals surface area contributed by atoms with Gasteiger partial charge in [-0.25, -0.2) is 0 Å². The quantitative estimate of drug-likeness (QED) is 0.838. The summed E-state index contributed by atoms with van der Waals surface area (Å²) in [5, 5.41) is 11.5. The maximum atomic E-state index is 11.9. The molecule has 0 spiro atoms. The molecule has 0 fully saturated rings. The molecule has 0 aliphatic carbocycles. The first-order valence-corrected chi connectivity index (χ1v) is 5.43. The molecular weight excluding hydrogens is 222 g/mol. The highest BCUT2D eigenvalue weighted by Crippen LogP contribution is 2.14. The molecule has 5 nitrogen and oxygen atoms in total. The van der Waals surface area contributed by atoms with E-state index in [0.717, 1.165) is 0 Å². The molecule has 5 heteroatoms. The molecule has 0 aliphatic rings. The first-order chi connectivity index (χ1) is 7.82. The van der Waals surface area contributed by atoms with Gasteiger partial charge in [0.15, 0.2) is 0 Å². The zero-order chi connectivity index (χ0) is 13.2. The fourth-order valence-corrected chi connectivity index (χ4v) is 1.48. The van der Waals surface area contributed by atoms with Crippen LogP contribution in [0.3, 0.4) is 0 Å². The summed E-state index contributed by atoms with van der Waals surface area (Å²) in [5.74, 6) is -0.674. The lowest BCUT2D eigenvalue weighted by atomic mass is 10.0. The molecule has 94 valence electrons. The molecule has 0 radical (unpaired) electrons. The number of carboxylic acid groups (broad SMARTS) is 1. The van der Waals surface area contributed by atoms with Crippen molar-refractivity contribution < 1.29 is 19.1 Å². The van der Waals surface area contributed by atoms with Gasteiger partial charge in [0.2, 0.25) is 0 Å². The van der Waals surface area contributed by atoms with E-state index in [-0.39, 0.29) is 5.91 Å². The Labute approximate surface area is 99.8 Å². The van der Waals surface area contributed by atoms with Gasteiger partial charge in [-0.1, -0.05) is 0 Å². The lowest BCUT2D eigenvalue weighted by molar-refractivity contribution is -0.141. The van der Waals surface area contributed by atoms with Crippen molar-refractivity contribution in [1.82, 2.24) is 5.32 Å². The number of aliphatic carboxylic acids is 1. The van der Waals surface area contributed by atoms with E-state index in [4.69, 9.17) is 9.52 Å². The van der Waals surface area contributed by atoms with Crippen LogP contribution in [0.15, 0.2) is 10.5 Å². The summed E-state index contributed by atoms with van der Waals surface area (Å²) in [6, 6.07) is 1.21. The predicted octanol–water partition coefficient (Wildman–Crippen LogP) is 1.74. The van der Waals surface area contributed by atoms with Gasteiger partial charge in [0.25, 0.3) is 5.91 Å². The predicted molar refractivity (Wildman–Crippen MR) is 61.9 cm³/mol. The van der Waals surface area contributed by atoms with Crippen molar-refractivity contribution in [1.29, 1.82) is 0 Å². The van der Waals surface area contributed by atoms with Crippen LogP contribution >= 0.6 is 0 Å². The normalized spacial score (nSPS) is 14.1. The Balaban J connectivity index is 2.73. The van der Waals surface area contributed by atoms with Gasteiger partial charge in [0, 0.05) is 6.04 Å². The molecule has 1 aromatic rings. The van der Waals surface area contributed by atoms with Crippen LogP contribution < -0.4 is 5.32 Å². The minimum atomic E-state index is -0.933. The van der Waals surface area contributed by atoms with Crippen LogP contribution in [-0.2, 0) is 4.79 Å². The lowest BCUT2D eigenvalue weighted by Crippen LogP contribution is -2.40. The highest BCUT2D eigenvalue weighted by Gasteiger charge is 2.23. The summed E-state index contributed by atoms with van der Waals surface area (Å²) in [6.45, 7) is 6.68. The van der Waals surface area contributed by atoms with Crippen LogP contribution in [0.25, 0.3) is 0 Å². The van der Waals surface area contributed by atoms with E-state index < -0.39 is 17.9 Å². The van der Waals surface area contributed by atoms with Crippen LogP contribution in [0.4, 0.5) is 0 Å². The smallest absolute Gasteiger partial charge is 0.308 e. The van der Waals surface area contributed by atoms with Crippen molar-refractivity contribution in [3.05, 3.63) is 23.2 Å². The van der Waals surface area contributed by atoms with Gasteiger partial charge in [-0.15, -0.1) is 0 Å². The van der Waals surface area contributed by atoms with Crippen LogP contribution in [-0.4, -0.2) is 23.0 Å². The maximum absolute atomic E-state index is 11.9. The molecular formula is C12H17NO4. The van der Waals surface area contributed by atoms with E-state index in [1.807, 2.05) is 0 Å². The molecule has 0 aromatic carbocycles.